The molecule has 1 aliphatic rings. The molecule has 9 heteroatoms. The molecule has 182 valence electrons. The van der Waals surface area contributed by atoms with Crippen LogP contribution >= 0.6 is 0 Å². The van der Waals surface area contributed by atoms with Gasteiger partial charge in [-0.25, -0.2) is 8.42 Å². The number of carbonyl (C=O) groups is 2. The number of benzene rings is 3. The average Bonchev–Trinajstić information content (AvgIpc) is 2.86. The number of piperidine rings is 1. The van der Waals surface area contributed by atoms with Crippen LogP contribution in [0.15, 0.2) is 71.6 Å². The maximum absolute atomic E-state index is 13.0. The fourth-order valence-electron chi connectivity index (χ4n) is 4.02. The second kappa shape index (κ2) is 10.2. The van der Waals surface area contributed by atoms with Crippen LogP contribution in [0.5, 0.6) is 0 Å². The number of anilines is 3. The second-order valence-electron chi connectivity index (χ2n) is 8.59. The molecule has 1 heterocycles. The summed E-state index contributed by atoms with van der Waals surface area (Å²) in [6, 6.07) is 17.7. The zero-order chi connectivity index (χ0) is 25.0. The summed E-state index contributed by atoms with van der Waals surface area (Å²) in [7, 11) is -3.80. The molecule has 8 nitrogen and oxygen atoms in total. The zero-order valence-corrected chi connectivity index (χ0v) is 20.3. The van der Waals surface area contributed by atoms with E-state index in [-0.39, 0.29) is 10.5 Å². The van der Waals surface area contributed by atoms with Crippen LogP contribution in [-0.4, -0.2) is 33.3 Å². The van der Waals surface area contributed by atoms with Gasteiger partial charge in [-0.05, 0) is 80.8 Å². The predicted molar refractivity (Wildman–Crippen MR) is 137 cm³/mol. The van der Waals surface area contributed by atoms with Gasteiger partial charge in [0.05, 0.1) is 16.3 Å². The van der Waals surface area contributed by atoms with E-state index >= 15 is 0 Å². The van der Waals surface area contributed by atoms with Gasteiger partial charge in [0, 0.05) is 29.9 Å². The van der Waals surface area contributed by atoms with Crippen molar-refractivity contribution >= 4 is 38.9 Å². The van der Waals surface area contributed by atoms with Gasteiger partial charge in [0.2, 0.25) is 5.91 Å². The van der Waals surface area contributed by atoms with E-state index in [1.165, 1.54) is 24.3 Å². The van der Waals surface area contributed by atoms with Gasteiger partial charge < -0.3 is 16.0 Å². The summed E-state index contributed by atoms with van der Waals surface area (Å²) in [5, 5.41) is 2.87. The van der Waals surface area contributed by atoms with Crippen LogP contribution in [-0.2, 0) is 10.0 Å². The largest absolute Gasteiger partial charge is 0.370 e. The Bertz CT molecular complexity index is 1330. The highest BCUT2D eigenvalue weighted by Crippen LogP contribution is 2.30. The number of nitrogens with one attached hydrogen (secondary N) is 2. The van der Waals surface area contributed by atoms with Gasteiger partial charge in [-0.2, -0.15) is 0 Å². The van der Waals surface area contributed by atoms with E-state index < -0.39 is 21.8 Å². The molecule has 0 aromatic heterocycles. The van der Waals surface area contributed by atoms with Crippen molar-refractivity contribution in [3.05, 3.63) is 83.4 Å². The van der Waals surface area contributed by atoms with Crippen LogP contribution in [0.1, 0.15) is 45.5 Å². The fraction of sp³-hybridized carbons (Fsp3) is 0.231. The van der Waals surface area contributed by atoms with Gasteiger partial charge in [0.1, 0.15) is 0 Å². The van der Waals surface area contributed by atoms with Crippen molar-refractivity contribution in [1.29, 1.82) is 0 Å². The maximum atomic E-state index is 13.0. The quantitative estimate of drug-likeness (QED) is 0.458. The lowest BCUT2D eigenvalue weighted by molar-refractivity contribution is 0.0996. The first kappa shape index (κ1) is 24.3. The minimum Gasteiger partial charge on any atom is -0.370 e. The number of rotatable bonds is 7. The van der Waals surface area contributed by atoms with Crippen LogP contribution < -0.4 is 20.7 Å². The van der Waals surface area contributed by atoms with Crippen molar-refractivity contribution in [2.24, 2.45) is 5.73 Å². The summed E-state index contributed by atoms with van der Waals surface area (Å²) in [5.74, 6) is -0.998. The highest BCUT2D eigenvalue weighted by Gasteiger charge is 2.19. The SMILES string of the molecule is Cc1ccc(NS(=O)(=O)c2ccc(C(=O)Nc3cc(C(N)=O)ccc3N3CCCCC3)cc2)cc1. The summed E-state index contributed by atoms with van der Waals surface area (Å²) in [6.45, 7) is 3.64. The van der Waals surface area contributed by atoms with E-state index in [2.05, 4.69) is 14.9 Å². The molecule has 2 amide bonds. The Balaban J connectivity index is 1.53. The number of hydrogen-bond acceptors (Lipinski definition) is 5. The van der Waals surface area contributed by atoms with Gasteiger partial charge in [0.15, 0.2) is 0 Å². The van der Waals surface area contributed by atoms with E-state index in [1.54, 1.807) is 30.3 Å². The van der Waals surface area contributed by atoms with Crippen LogP contribution in [0.2, 0.25) is 0 Å². The molecular weight excluding hydrogens is 464 g/mol. The topological polar surface area (TPSA) is 122 Å². The summed E-state index contributed by atoms with van der Waals surface area (Å²) in [5.41, 5.74) is 8.82. The monoisotopic (exact) mass is 492 g/mol. The lowest BCUT2D eigenvalue weighted by atomic mass is 10.1. The lowest BCUT2D eigenvalue weighted by Gasteiger charge is -2.30. The highest BCUT2D eigenvalue weighted by molar-refractivity contribution is 7.92. The van der Waals surface area contributed by atoms with Gasteiger partial charge in [-0.3, -0.25) is 14.3 Å². The van der Waals surface area contributed by atoms with Gasteiger partial charge >= 0.3 is 0 Å². The molecule has 1 saturated heterocycles. The molecule has 0 unspecified atom stereocenters. The summed E-state index contributed by atoms with van der Waals surface area (Å²) in [4.78, 5) is 26.9. The van der Waals surface area contributed by atoms with Gasteiger partial charge in [-0.15, -0.1) is 0 Å². The Morgan fingerprint density at radius 2 is 1.49 bits per heavy atom. The van der Waals surface area contributed by atoms with E-state index in [9.17, 15) is 18.0 Å². The Hall–Kier alpha value is -3.85. The molecule has 0 bridgehead atoms. The Kier molecular flexibility index (Phi) is 7.07. The van der Waals surface area contributed by atoms with Crippen LogP contribution in [0.3, 0.4) is 0 Å². The van der Waals surface area contributed by atoms with Gasteiger partial charge in [-0.1, -0.05) is 17.7 Å². The smallest absolute Gasteiger partial charge is 0.261 e. The molecule has 35 heavy (non-hydrogen) atoms. The van der Waals surface area contributed by atoms with Crippen LogP contribution in [0.4, 0.5) is 17.1 Å². The molecule has 4 N–H and O–H groups in total. The minimum absolute atomic E-state index is 0.0411. The van der Waals surface area contributed by atoms with Crippen molar-refractivity contribution in [2.75, 3.05) is 28.0 Å². The van der Waals surface area contributed by atoms with E-state index in [0.29, 0.717) is 16.9 Å². The molecule has 0 aliphatic carbocycles. The normalized spacial score (nSPS) is 13.8. The molecule has 3 aromatic carbocycles. The third-order valence-electron chi connectivity index (χ3n) is 5.96. The Morgan fingerprint density at radius 1 is 0.857 bits per heavy atom. The molecule has 0 spiro atoms. The molecular formula is C26H28N4O4S. The van der Waals surface area contributed by atoms with E-state index in [4.69, 9.17) is 5.73 Å². The van der Waals surface area contributed by atoms with Gasteiger partial charge in [0.25, 0.3) is 15.9 Å². The molecule has 0 atom stereocenters. The zero-order valence-electron chi connectivity index (χ0n) is 19.5. The molecule has 1 aliphatic heterocycles. The van der Waals surface area contributed by atoms with Crippen molar-refractivity contribution in [3.63, 3.8) is 0 Å². The Labute approximate surface area is 205 Å². The molecule has 3 aromatic rings. The lowest BCUT2D eigenvalue weighted by Crippen LogP contribution is -2.30. The first-order chi connectivity index (χ1) is 16.7. The number of amides is 2. The Morgan fingerprint density at radius 3 is 2.11 bits per heavy atom. The number of aryl methyl sites for hydroxylation is 1. The van der Waals surface area contributed by atoms with Crippen molar-refractivity contribution in [1.82, 2.24) is 0 Å². The first-order valence-electron chi connectivity index (χ1n) is 11.4. The van der Waals surface area contributed by atoms with E-state index in [1.807, 2.05) is 19.1 Å². The number of nitrogens with zero attached hydrogens (tertiary/aromatic N) is 1. The number of carbonyl (C=O) groups excluding carboxylic acids is 2. The first-order valence-corrected chi connectivity index (χ1v) is 12.9. The molecule has 1 fully saturated rings. The van der Waals surface area contributed by atoms with Crippen molar-refractivity contribution < 1.29 is 18.0 Å². The number of primary amides is 1. The standard InChI is InChI=1S/C26H28N4O4S/c1-18-5-10-21(11-6-18)29-35(33,34)22-12-7-19(8-13-22)26(32)28-23-17-20(25(27)31)9-14-24(23)30-15-3-2-4-16-30/h5-14,17,29H,2-4,15-16H2,1H3,(H2,27,31)(H,28,32). The molecule has 0 radical (unpaired) electrons. The molecule has 4 rings (SSSR count). The fourth-order valence-corrected chi connectivity index (χ4v) is 5.07. The second-order valence-corrected chi connectivity index (χ2v) is 10.3. The maximum Gasteiger partial charge on any atom is 0.261 e. The highest BCUT2D eigenvalue weighted by atomic mass is 32.2. The summed E-state index contributed by atoms with van der Waals surface area (Å²) in [6.07, 6.45) is 3.26. The minimum atomic E-state index is -3.80. The molecule has 0 saturated carbocycles. The number of sulfonamides is 1. The third kappa shape index (κ3) is 5.81. The third-order valence-corrected chi connectivity index (χ3v) is 7.35. The van der Waals surface area contributed by atoms with Crippen LogP contribution in [0, 0.1) is 6.92 Å². The van der Waals surface area contributed by atoms with E-state index in [0.717, 1.165) is 43.6 Å². The number of nitrogens with two attached hydrogens (primary N) is 1. The predicted octanol–water partition coefficient (Wildman–Crippen LogP) is 4.14. The summed E-state index contributed by atoms with van der Waals surface area (Å²) >= 11 is 0. The summed E-state index contributed by atoms with van der Waals surface area (Å²) < 4.78 is 28.0. The van der Waals surface area contributed by atoms with Crippen LogP contribution in [0.25, 0.3) is 0 Å². The average molecular weight is 493 g/mol. The number of hydrogen-bond donors (Lipinski definition) is 3. The van der Waals surface area contributed by atoms with Crippen molar-refractivity contribution in [3.8, 4) is 0 Å². The van der Waals surface area contributed by atoms with Crippen molar-refractivity contribution in [2.45, 2.75) is 31.1 Å².